The summed E-state index contributed by atoms with van der Waals surface area (Å²) in [6, 6.07) is 13.1. The SMILES string of the molecule is Cc1ccccc1OCCOC(=O)c1ccccc1OC(F)F. The highest BCUT2D eigenvalue weighted by atomic mass is 19.3. The van der Waals surface area contributed by atoms with Gasteiger partial charge in [0.05, 0.1) is 0 Å². The van der Waals surface area contributed by atoms with E-state index in [4.69, 9.17) is 9.47 Å². The molecule has 4 nitrogen and oxygen atoms in total. The summed E-state index contributed by atoms with van der Waals surface area (Å²) < 4.78 is 39.4. The van der Waals surface area contributed by atoms with Crippen LogP contribution in [0.25, 0.3) is 0 Å². The van der Waals surface area contributed by atoms with Crippen LogP contribution in [0.1, 0.15) is 15.9 Å². The van der Waals surface area contributed by atoms with Crippen LogP contribution in [0.4, 0.5) is 8.78 Å². The molecule has 0 unspecified atom stereocenters. The van der Waals surface area contributed by atoms with Gasteiger partial charge >= 0.3 is 12.6 Å². The van der Waals surface area contributed by atoms with Gasteiger partial charge in [-0.1, -0.05) is 30.3 Å². The Morgan fingerprint density at radius 1 is 1.00 bits per heavy atom. The van der Waals surface area contributed by atoms with Gasteiger partial charge in [0.1, 0.15) is 30.3 Å². The normalized spacial score (nSPS) is 10.4. The highest BCUT2D eigenvalue weighted by Crippen LogP contribution is 2.21. The van der Waals surface area contributed by atoms with E-state index in [2.05, 4.69) is 4.74 Å². The fourth-order valence-electron chi connectivity index (χ4n) is 1.92. The van der Waals surface area contributed by atoms with E-state index in [9.17, 15) is 13.6 Å². The maximum Gasteiger partial charge on any atom is 0.387 e. The van der Waals surface area contributed by atoms with Crippen molar-refractivity contribution < 1.29 is 27.8 Å². The molecule has 0 aromatic heterocycles. The number of carbonyl (C=O) groups excluding carboxylic acids is 1. The Morgan fingerprint density at radius 2 is 1.65 bits per heavy atom. The van der Waals surface area contributed by atoms with Crippen LogP contribution in [0.2, 0.25) is 0 Å². The summed E-state index contributed by atoms with van der Waals surface area (Å²) in [5, 5.41) is 0. The van der Waals surface area contributed by atoms with Crippen LogP contribution >= 0.6 is 0 Å². The molecule has 0 fully saturated rings. The first-order valence-electron chi connectivity index (χ1n) is 6.97. The van der Waals surface area contributed by atoms with Crippen LogP contribution in [0.3, 0.4) is 0 Å². The summed E-state index contributed by atoms with van der Waals surface area (Å²) in [5.41, 5.74) is 0.915. The molecule has 0 bridgehead atoms. The van der Waals surface area contributed by atoms with Gasteiger partial charge in [-0.2, -0.15) is 8.78 Å². The molecule has 0 spiro atoms. The predicted molar refractivity (Wildman–Crippen MR) is 80.0 cm³/mol. The van der Waals surface area contributed by atoms with Crippen LogP contribution in [-0.4, -0.2) is 25.8 Å². The van der Waals surface area contributed by atoms with Crippen molar-refractivity contribution in [3.63, 3.8) is 0 Å². The van der Waals surface area contributed by atoms with E-state index in [1.54, 1.807) is 6.07 Å². The average molecular weight is 322 g/mol. The lowest BCUT2D eigenvalue weighted by Gasteiger charge is -2.11. The van der Waals surface area contributed by atoms with E-state index in [0.29, 0.717) is 5.75 Å². The largest absolute Gasteiger partial charge is 0.490 e. The van der Waals surface area contributed by atoms with Crippen molar-refractivity contribution in [2.45, 2.75) is 13.5 Å². The number of alkyl halides is 2. The van der Waals surface area contributed by atoms with Crippen molar-refractivity contribution in [3.8, 4) is 11.5 Å². The first-order chi connectivity index (χ1) is 11.1. The minimum Gasteiger partial charge on any atom is -0.490 e. The maximum absolute atomic E-state index is 12.3. The summed E-state index contributed by atoms with van der Waals surface area (Å²) in [6.07, 6.45) is 0. The minimum absolute atomic E-state index is 0.00379. The van der Waals surface area contributed by atoms with E-state index in [0.717, 1.165) is 5.56 Å². The molecule has 2 rings (SSSR count). The Hall–Kier alpha value is -2.63. The van der Waals surface area contributed by atoms with Gasteiger partial charge < -0.3 is 14.2 Å². The molecule has 0 amide bonds. The van der Waals surface area contributed by atoms with E-state index >= 15 is 0 Å². The first kappa shape index (κ1) is 16.7. The van der Waals surface area contributed by atoms with E-state index in [1.807, 2.05) is 31.2 Å². The lowest BCUT2D eigenvalue weighted by Crippen LogP contribution is -2.14. The molecule has 0 aliphatic heterocycles. The molecule has 0 aliphatic rings. The quantitative estimate of drug-likeness (QED) is 0.574. The summed E-state index contributed by atoms with van der Waals surface area (Å²) in [7, 11) is 0. The Kier molecular flexibility index (Phi) is 5.91. The third-order valence-electron chi connectivity index (χ3n) is 2.99. The van der Waals surface area contributed by atoms with Crippen LogP contribution < -0.4 is 9.47 Å². The molecule has 0 atom stereocenters. The van der Waals surface area contributed by atoms with Crippen molar-refractivity contribution in [1.82, 2.24) is 0 Å². The highest BCUT2D eigenvalue weighted by molar-refractivity contribution is 5.92. The number of aryl methyl sites for hydroxylation is 1. The molecule has 122 valence electrons. The van der Waals surface area contributed by atoms with Crippen molar-refractivity contribution in [2.75, 3.05) is 13.2 Å². The van der Waals surface area contributed by atoms with E-state index in [1.165, 1.54) is 18.2 Å². The Bertz CT molecular complexity index is 659. The average Bonchev–Trinajstić information content (AvgIpc) is 2.53. The monoisotopic (exact) mass is 322 g/mol. The number of para-hydroxylation sites is 2. The molecule has 2 aromatic carbocycles. The maximum atomic E-state index is 12.3. The Labute approximate surface area is 132 Å². The smallest absolute Gasteiger partial charge is 0.387 e. The van der Waals surface area contributed by atoms with Crippen molar-refractivity contribution >= 4 is 5.97 Å². The molecule has 0 radical (unpaired) electrons. The summed E-state index contributed by atoms with van der Waals surface area (Å²) in [4.78, 5) is 11.9. The molecule has 0 saturated heterocycles. The van der Waals surface area contributed by atoms with Gasteiger partial charge in [0, 0.05) is 0 Å². The van der Waals surface area contributed by atoms with Crippen molar-refractivity contribution in [2.24, 2.45) is 0 Å². The standard InChI is InChI=1S/C17H16F2O4/c1-12-6-2-4-8-14(12)21-10-11-22-16(20)13-7-3-5-9-15(13)23-17(18)19/h2-9,17H,10-11H2,1H3. The Balaban J connectivity index is 1.87. The van der Waals surface area contributed by atoms with Crippen molar-refractivity contribution in [3.05, 3.63) is 59.7 Å². The van der Waals surface area contributed by atoms with Crippen LogP contribution in [0, 0.1) is 6.92 Å². The number of halogens is 2. The number of carbonyl (C=O) groups is 1. The lowest BCUT2D eigenvalue weighted by atomic mass is 10.2. The fraction of sp³-hybridized carbons (Fsp3) is 0.235. The number of ether oxygens (including phenoxy) is 3. The zero-order valence-electron chi connectivity index (χ0n) is 12.5. The highest BCUT2D eigenvalue weighted by Gasteiger charge is 2.16. The molecule has 0 N–H and O–H groups in total. The van der Waals surface area contributed by atoms with Gasteiger partial charge in [-0.05, 0) is 30.7 Å². The molecule has 0 saturated carbocycles. The van der Waals surface area contributed by atoms with Gasteiger partial charge in [-0.15, -0.1) is 0 Å². The first-order valence-corrected chi connectivity index (χ1v) is 6.97. The van der Waals surface area contributed by atoms with Gasteiger partial charge in [0.25, 0.3) is 0 Å². The second-order valence-electron chi connectivity index (χ2n) is 4.62. The summed E-state index contributed by atoms with van der Waals surface area (Å²) in [6.45, 7) is -0.947. The predicted octanol–water partition coefficient (Wildman–Crippen LogP) is 3.83. The van der Waals surface area contributed by atoms with Crippen LogP contribution in [0.15, 0.2) is 48.5 Å². The second kappa shape index (κ2) is 8.12. The molecule has 0 aliphatic carbocycles. The summed E-state index contributed by atoms with van der Waals surface area (Å²) >= 11 is 0. The van der Waals surface area contributed by atoms with Gasteiger partial charge in [0.2, 0.25) is 0 Å². The second-order valence-corrected chi connectivity index (χ2v) is 4.62. The van der Waals surface area contributed by atoms with Gasteiger partial charge in [-0.25, -0.2) is 4.79 Å². The van der Waals surface area contributed by atoms with Gasteiger partial charge in [0.15, 0.2) is 0 Å². The molecular weight excluding hydrogens is 306 g/mol. The van der Waals surface area contributed by atoms with Gasteiger partial charge in [-0.3, -0.25) is 0 Å². The number of hydrogen-bond donors (Lipinski definition) is 0. The zero-order valence-corrected chi connectivity index (χ0v) is 12.5. The van der Waals surface area contributed by atoms with E-state index < -0.39 is 12.6 Å². The number of rotatable bonds is 7. The lowest BCUT2D eigenvalue weighted by molar-refractivity contribution is -0.0504. The molecule has 23 heavy (non-hydrogen) atoms. The topological polar surface area (TPSA) is 44.8 Å². The number of esters is 1. The van der Waals surface area contributed by atoms with E-state index in [-0.39, 0.29) is 24.5 Å². The third-order valence-corrected chi connectivity index (χ3v) is 2.99. The molecule has 2 aromatic rings. The Morgan fingerprint density at radius 3 is 2.35 bits per heavy atom. The van der Waals surface area contributed by atoms with Crippen molar-refractivity contribution in [1.29, 1.82) is 0 Å². The molecule has 0 heterocycles. The third kappa shape index (κ3) is 4.95. The minimum atomic E-state index is -3.01. The fourth-order valence-corrected chi connectivity index (χ4v) is 1.92. The zero-order chi connectivity index (χ0) is 16.7. The van der Waals surface area contributed by atoms with Crippen LogP contribution in [0.5, 0.6) is 11.5 Å². The molecular formula is C17H16F2O4. The summed E-state index contributed by atoms with van der Waals surface area (Å²) in [5.74, 6) is -0.257. The van der Waals surface area contributed by atoms with Crippen LogP contribution in [-0.2, 0) is 4.74 Å². The number of benzene rings is 2. The number of hydrogen-bond acceptors (Lipinski definition) is 4. The molecule has 6 heteroatoms.